The number of hydrogen-bond acceptors (Lipinski definition) is 4. The molecule has 16 heavy (non-hydrogen) atoms. The molecule has 0 amide bonds. The van der Waals surface area contributed by atoms with Gasteiger partial charge in [-0.3, -0.25) is 0 Å². The third kappa shape index (κ3) is 2.28. The van der Waals surface area contributed by atoms with Crippen LogP contribution in [0.25, 0.3) is 0 Å². The third-order valence-electron chi connectivity index (χ3n) is 2.52. The van der Waals surface area contributed by atoms with Crippen molar-refractivity contribution in [1.29, 1.82) is 0 Å². The van der Waals surface area contributed by atoms with Crippen molar-refractivity contribution in [2.24, 2.45) is 5.73 Å². The summed E-state index contributed by atoms with van der Waals surface area (Å²) in [5.74, 6) is 1.57. The molecule has 88 valence electrons. The molecule has 0 saturated carbocycles. The molecule has 1 aliphatic rings. The molecule has 2 N–H and O–H groups in total. The smallest absolute Gasteiger partial charge is 0.161 e. The molecule has 2 rings (SSSR count). The fourth-order valence-electron chi connectivity index (χ4n) is 1.76. The van der Waals surface area contributed by atoms with Crippen LogP contribution >= 0.6 is 0 Å². The molecule has 0 aromatic heterocycles. The van der Waals surface area contributed by atoms with Crippen LogP contribution in [0.3, 0.4) is 0 Å². The van der Waals surface area contributed by atoms with Crippen molar-refractivity contribution in [3.63, 3.8) is 0 Å². The predicted molar refractivity (Wildman–Crippen MR) is 60.9 cm³/mol. The van der Waals surface area contributed by atoms with Crippen LogP contribution in [0.2, 0.25) is 0 Å². The van der Waals surface area contributed by atoms with Crippen molar-refractivity contribution in [3.8, 4) is 11.5 Å². The Hall–Kier alpha value is -1.26. The Morgan fingerprint density at radius 1 is 1.31 bits per heavy atom. The maximum atomic E-state index is 5.67. The lowest BCUT2D eigenvalue weighted by molar-refractivity contribution is 0.0683. The number of benzene rings is 1. The maximum absolute atomic E-state index is 5.67. The second-order valence-corrected chi connectivity index (χ2v) is 3.58. The maximum Gasteiger partial charge on any atom is 0.161 e. The van der Waals surface area contributed by atoms with Gasteiger partial charge in [0, 0.05) is 13.2 Å². The first-order chi connectivity index (χ1) is 7.85. The number of ether oxygens (including phenoxy) is 3. The van der Waals surface area contributed by atoms with Gasteiger partial charge in [0.1, 0.15) is 13.2 Å². The molecule has 1 heterocycles. The summed E-state index contributed by atoms with van der Waals surface area (Å²) in [6.07, 6.45) is -0.0687. The zero-order valence-corrected chi connectivity index (χ0v) is 9.44. The topological polar surface area (TPSA) is 53.7 Å². The molecule has 4 heteroatoms. The van der Waals surface area contributed by atoms with Gasteiger partial charge in [-0.15, -0.1) is 0 Å². The van der Waals surface area contributed by atoms with Gasteiger partial charge in [-0.1, -0.05) is 6.07 Å². The Labute approximate surface area is 95.3 Å². The van der Waals surface area contributed by atoms with Crippen LogP contribution in [0.15, 0.2) is 18.2 Å². The van der Waals surface area contributed by atoms with E-state index < -0.39 is 0 Å². The molecule has 1 aromatic rings. The van der Waals surface area contributed by atoms with Crippen molar-refractivity contribution in [1.82, 2.24) is 0 Å². The molecule has 1 atom stereocenters. The van der Waals surface area contributed by atoms with Crippen LogP contribution in [0.5, 0.6) is 11.5 Å². The molecular weight excluding hydrogens is 206 g/mol. The molecule has 0 aliphatic carbocycles. The molecule has 1 aliphatic heterocycles. The molecule has 0 radical (unpaired) electrons. The van der Waals surface area contributed by atoms with Gasteiger partial charge in [0.05, 0.1) is 6.10 Å². The van der Waals surface area contributed by atoms with E-state index in [4.69, 9.17) is 19.9 Å². The zero-order chi connectivity index (χ0) is 11.4. The largest absolute Gasteiger partial charge is 0.486 e. The van der Waals surface area contributed by atoms with Gasteiger partial charge in [0.15, 0.2) is 11.5 Å². The second kappa shape index (κ2) is 5.18. The lowest BCUT2D eigenvalue weighted by Crippen LogP contribution is -2.18. The van der Waals surface area contributed by atoms with Crippen LogP contribution in [0.4, 0.5) is 0 Å². The van der Waals surface area contributed by atoms with Gasteiger partial charge >= 0.3 is 0 Å². The van der Waals surface area contributed by atoms with Crippen molar-refractivity contribution < 1.29 is 14.2 Å². The highest BCUT2D eigenvalue weighted by Crippen LogP contribution is 2.33. The van der Waals surface area contributed by atoms with E-state index >= 15 is 0 Å². The minimum Gasteiger partial charge on any atom is -0.486 e. The van der Waals surface area contributed by atoms with Crippen molar-refractivity contribution in [2.75, 3.05) is 26.4 Å². The summed E-state index contributed by atoms with van der Waals surface area (Å²) in [5, 5.41) is 0. The van der Waals surface area contributed by atoms with E-state index in [0.29, 0.717) is 26.4 Å². The SMILES string of the molecule is CCO[C@@H](CN)c1ccc2c(c1)OCCO2. The van der Waals surface area contributed by atoms with E-state index in [1.54, 1.807) is 0 Å². The Morgan fingerprint density at radius 3 is 2.75 bits per heavy atom. The lowest BCUT2D eigenvalue weighted by Gasteiger charge is -2.21. The monoisotopic (exact) mass is 223 g/mol. The van der Waals surface area contributed by atoms with Crippen LogP contribution in [0.1, 0.15) is 18.6 Å². The normalized spacial score (nSPS) is 15.9. The van der Waals surface area contributed by atoms with Crippen molar-refractivity contribution in [3.05, 3.63) is 23.8 Å². The van der Waals surface area contributed by atoms with Crippen molar-refractivity contribution in [2.45, 2.75) is 13.0 Å². The fourth-order valence-corrected chi connectivity index (χ4v) is 1.76. The Bertz CT molecular complexity index is 354. The van der Waals surface area contributed by atoms with Gasteiger partial charge in [0.2, 0.25) is 0 Å². The molecule has 0 bridgehead atoms. The Kier molecular flexibility index (Phi) is 3.64. The van der Waals surface area contributed by atoms with E-state index in [0.717, 1.165) is 17.1 Å². The first kappa shape index (κ1) is 11.2. The minimum absolute atomic E-state index is 0.0687. The first-order valence-electron chi connectivity index (χ1n) is 5.56. The summed E-state index contributed by atoms with van der Waals surface area (Å²) >= 11 is 0. The molecular formula is C12H17NO3. The molecule has 0 saturated heterocycles. The van der Waals surface area contributed by atoms with Gasteiger partial charge in [-0.05, 0) is 24.6 Å². The summed E-state index contributed by atoms with van der Waals surface area (Å²) < 4.78 is 16.5. The number of hydrogen-bond donors (Lipinski definition) is 1. The van der Waals surface area contributed by atoms with Crippen LogP contribution < -0.4 is 15.2 Å². The lowest BCUT2D eigenvalue weighted by atomic mass is 10.1. The summed E-state index contributed by atoms with van der Waals surface area (Å²) in [6, 6.07) is 5.83. The van der Waals surface area contributed by atoms with Crippen LogP contribution in [-0.4, -0.2) is 26.4 Å². The van der Waals surface area contributed by atoms with E-state index in [-0.39, 0.29) is 6.10 Å². The van der Waals surface area contributed by atoms with Gasteiger partial charge in [0.25, 0.3) is 0 Å². The van der Waals surface area contributed by atoms with Gasteiger partial charge in [-0.2, -0.15) is 0 Å². The van der Waals surface area contributed by atoms with Gasteiger partial charge < -0.3 is 19.9 Å². The summed E-state index contributed by atoms with van der Waals surface area (Å²) in [4.78, 5) is 0. The standard InChI is InChI=1S/C12H17NO3/c1-2-14-12(8-13)9-3-4-10-11(7-9)16-6-5-15-10/h3-4,7,12H,2,5-6,8,13H2,1H3/t12-/m0/s1. The quantitative estimate of drug-likeness (QED) is 0.840. The van der Waals surface area contributed by atoms with E-state index in [1.165, 1.54) is 0 Å². The van der Waals surface area contributed by atoms with E-state index in [1.807, 2.05) is 25.1 Å². The number of rotatable bonds is 4. The average molecular weight is 223 g/mol. The Morgan fingerprint density at radius 2 is 2.06 bits per heavy atom. The highest BCUT2D eigenvalue weighted by atomic mass is 16.6. The predicted octanol–water partition coefficient (Wildman–Crippen LogP) is 1.49. The highest BCUT2D eigenvalue weighted by molar-refractivity contribution is 5.44. The minimum atomic E-state index is -0.0687. The number of fused-ring (bicyclic) bond motifs is 1. The fraction of sp³-hybridized carbons (Fsp3) is 0.500. The zero-order valence-electron chi connectivity index (χ0n) is 9.44. The van der Waals surface area contributed by atoms with Crippen molar-refractivity contribution >= 4 is 0 Å². The average Bonchev–Trinajstić information content (AvgIpc) is 2.35. The summed E-state index contributed by atoms with van der Waals surface area (Å²) in [5.41, 5.74) is 6.71. The Balaban J connectivity index is 2.21. The third-order valence-corrected chi connectivity index (χ3v) is 2.52. The molecule has 4 nitrogen and oxygen atoms in total. The summed E-state index contributed by atoms with van der Waals surface area (Å²) in [6.45, 7) is 4.28. The van der Waals surface area contributed by atoms with Crippen LogP contribution in [-0.2, 0) is 4.74 Å². The second-order valence-electron chi connectivity index (χ2n) is 3.58. The molecule has 0 spiro atoms. The van der Waals surface area contributed by atoms with Gasteiger partial charge in [-0.25, -0.2) is 0 Å². The molecule has 1 aromatic carbocycles. The van der Waals surface area contributed by atoms with Crippen LogP contribution in [0, 0.1) is 0 Å². The number of nitrogens with two attached hydrogens (primary N) is 1. The van der Waals surface area contributed by atoms with E-state index in [2.05, 4.69) is 0 Å². The summed E-state index contributed by atoms with van der Waals surface area (Å²) in [7, 11) is 0. The first-order valence-corrected chi connectivity index (χ1v) is 5.56. The molecule has 0 unspecified atom stereocenters. The highest BCUT2D eigenvalue weighted by Gasteiger charge is 2.15. The molecule has 0 fully saturated rings. The van der Waals surface area contributed by atoms with E-state index in [9.17, 15) is 0 Å².